The molecule has 1 aromatic rings. The number of aromatic nitrogens is 2. The van der Waals surface area contributed by atoms with Crippen molar-refractivity contribution in [3.05, 3.63) is 18.0 Å². The van der Waals surface area contributed by atoms with E-state index in [0.717, 1.165) is 12.1 Å². The van der Waals surface area contributed by atoms with Gasteiger partial charge in [-0.05, 0) is 25.3 Å². The van der Waals surface area contributed by atoms with Gasteiger partial charge in [0.1, 0.15) is 0 Å². The lowest BCUT2D eigenvalue weighted by molar-refractivity contribution is 0.382. The van der Waals surface area contributed by atoms with Crippen molar-refractivity contribution >= 4 is 17.5 Å². The second-order valence-corrected chi connectivity index (χ2v) is 6.71. The molecule has 0 radical (unpaired) electrons. The third kappa shape index (κ3) is 6.64. The van der Waals surface area contributed by atoms with E-state index >= 15 is 0 Å². The summed E-state index contributed by atoms with van der Waals surface area (Å²) in [5, 5.41) is 0.145. The Morgan fingerprint density at radius 1 is 1.14 bits per heavy atom. The standard InChI is InChI=1S/C17H30ClN3/c1-4-5-6-7-8-9-10-15(14(3)18)13(2)16-11-12-20-17(19)21-16/h11-15H,4-10H2,1-3H3,(H2,19,20,21). The van der Waals surface area contributed by atoms with Crippen LogP contribution in [0.5, 0.6) is 0 Å². The van der Waals surface area contributed by atoms with Crippen molar-refractivity contribution in [2.45, 2.75) is 77.0 Å². The second-order valence-electron chi connectivity index (χ2n) is 6.03. The van der Waals surface area contributed by atoms with Gasteiger partial charge >= 0.3 is 0 Å². The van der Waals surface area contributed by atoms with E-state index in [1.807, 2.05) is 6.07 Å². The molecule has 3 nitrogen and oxygen atoms in total. The van der Waals surface area contributed by atoms with Gasteiger partial charge in [0, 0.05) is 23.2 Å². The fraction of sp³-hybridized carbons (Fsp3) is 0.765. The van der Waals surface area contributed by atoms with E-state index < -0.39 is 0 Å². The van der Waals surface area contributed by atoms with E-state index in [4.69, 9.17) is 17.3 Å². The highest BCUT2D eigenvalue weighted by Gasteiger charge is 2.24. The van der Waals surface area contributed by atoms with Crippen LogP contribution in [0.4, 0.5) is 5.95 Å². The van der Waals surface area contributed by atoms with E-state index in [1.165, 1.54) is 38.5 Å². The summed E-state index contributed by atoms with van der Waals surface area (Å²) >= 11 is 6.42. The lowest BCUT2D eigenvalue weighted by Crippen LogP contribution is -2.20. The van der Waals surface area contributed by atoms with E-state index in [9.17, 15) is 0 Å². The fourth-order valence-electron chi connectivity index (χ4n) is 2.90. The van der Waals surface area contributed by atoms with Gasteiger partial charge in [-0.1, -0.05) is 52.4 Å². The highest BCUT2D eigenvalue weighted by molar-refractivity contribution is 6.20. The summed E-state index contributed by atoms with van der Waals surface area (Å²) in [6, 6.07) is 1.95. The van der Waals surface area contributed by atoms with Crippen LogP contribution in [0, 0.1) is 5.92 Å². The first-order chi connectivity index (χ1) is 10.1. The minimum Gasteiger partial charge on any atom is -0.368 e. The minimum absolute atomic E-state index is 0.145. The molecule has 0 saturated carbocycles. The van der Waals surface area contributed by atoms with Crippen LogP contribution in [0.1, 0.15) is 77.3 Å². The summed E-state index contributed by atoms with van der Waals surface area (Å²) in [6.07, 6.45) is 10.8. The highest BCUT2D eigenvalue weighted by atomic mass is 35.5. The number of alkyl halides is 1. The van der Waals surface area contributed by atoms with Crippen LogP contribution in [0.15, 0.2) is 12.3 Å². The monoisotopic (exact) mass is 311 g/mol. The van der Waals surface area contributed by atoms with Gasteiger partial charge in [0.25, 0.3) is 0 Å². The lowest BCUT2D eigenvalue weighted by Gasteiger charge is -2.26. The predicted octanol–water partition coefficient (Wildman–Crippen LogP) is 5.16. The average Bonchev–Trinajstić information content (AvgIpc) is 2.45. The van der Waals surface area contributed by atoms with Crippen LogP contribution in [0.2, 0.25) is 0 Å². The largest absolute Gasteiger partial charge is 0.368 e. The van der Waals surface area contributed by atoms with E-state index in [-0.39, 0.29) is 5.38 Å². The molecule has 2 N–H and O–H groups in total. The van der Waals surface area contributed by atoms with Crippen molar-refractivity contribution in [1.29, 1.82) is 0 Å². The zero-order chi connectivity index (χ0) is 15.7. The maximum Gasteiger partial charge on any atom is 0.220 e. The molecule has 3 unspecified atom stereocenters. The molecule has 4 heteroatoms. The third-order valence-corrected chi connectivity index (χ3v) is 4.61. The SMILES string of the molecule is CCCCCCCCC(C(C)Cl)C(C)c1ccnc(N)n1. The smallest absolute Gasteiger partial charge is 0.220 e. The molecule has 3 atom stereocenters. The van der Waals surface area contributed by atoms with Gasteiger partial charge in [0.05, 0.1) is 0 Å². The molecule has 0 saturated heterocycles. The van der Waals surface area contributed by atoms with Gasteiger partial charge in [-0.3, -0.25) is 0 Å². The van der Waals surface area contributed by atoms with Crippen molar-refractivity contribution in [2.75, 3.05) is 5.73 Å². The first kappa shape index (κ1) is 18.2. The quantitative estimate of drug-likeness (QED) is 0.480. The minimum atomic E-state index is 0.145. The predicted molar refractivity (Wildman–Crippen MR) is 91.7 cm³/mol. The molecule has 0 bridgehead atoms. The van der Waals surface area contributed by atoms with Crippen molar-refractivity contribution in [3.8, 4) is 0 Å². The Balaban J connectivity index is 2.49. The fourth-order valence-corrected chi connectivity index (χ4v) is 3.24. The van der Waals surface area contributed by atoms with Crippen LogP contribution in [-0.4, -0.2) is 15.3 Å². The Kier molecular flexibility index (Phi) is 8.67. The molecule has 1 aromatic heterocycles. The average molecular weight is 312 g/mol. The summed E-state index contributed by atoms with van der Waals surface area (Å²) in [5.41, 5.74) is 6.69. The Morgan fingerprint density at radius 3 is 2.43 bits per heavy atom. The molecular formula is C17H30ClN3. The van der Waals surface area contributed by atoms with Crippen molar-refractivity contribution < 1.29 is 0 Å². The number of halogens is 1. The molecule has 21 heavy (non-hydrogen) atoms. The normalized spacial score (nSPS) is 15.6. The first-order valence-corrected chi connectivity index (χ1v) is 8.72. The van der Waals surface area contributed by atoms with Gasteiger partial charge in [0.2, 0.25) is 5.95 Å². The van der Waals surface area contributed by atoms with E-state index in [0.29, 0.717) is 17.8 Å². The van der Waals surface area contributed by atoms with Crippen molar-refractivity contribution in [1.82, 2.24) is 9.97 Å². The third-order valence-electron chi connectivity index (χ3n) is 4.29. The number of unbranched alkanes of at least 4 members (excludes halogenated alkanes) is 5. The Hall–Kier alpha value is -0.830. The van der Waals surface area contributed by atoms with Gasteiger partial charge in [-0.15, -0.1) is 11.6 Å². The number of nitrogens with two attached hydrogens (primary N) is 1. The maximum atomic E-state index is 6.42. The molecule has 0 aliphatic heterocycles. The number of anilines is 1. The topological polar surface area (TPSA) is 51.8 Å². The van der Waals surface area contributed by atoms with Crippen molar-refractivity contribution in [3.63, 3.8) is 0 Å². The van der Waals surface area contributed by atoms with Crippen LogP contribution in [-0.2, 0) is 0 Å². The maximum absolute atomic E-state index is 6.42. The van der Waals surface area contributed by atoms with Gasteiger partial charge < -0.3 is 5.73 Å². The zero-order valence-electron chi connectivity index (χ0n) is 13.7. The molecule has 1 rings (SSSR count). The summed E-state index contributed by atoms with van der Waals surface area (Å²) < 4.78 is 0. The Labute approximate surface area is 134 Å². The van der Waals surface area contributed by atoms with Gasteiger partial charge in [-0.25, -0.2) is 9.97 Å². The Morgan fingerprint density at radius 2 is 1.81 bits per heavy atom. The van der Waals surface area contributed by atoms with E-state index in [2.05, 4.69) is 30.7 Å². The van der Waals surface area contributed by atoms with Crippen LogP contribution >= 0.6 is 11.6 Å². The molecule has 0 fully saturated rings. The highest BCUT2D eigenvalue weighted by Crippen LogP contribution is 2.32. The summed E-state index contributed by atoms with van der Waals surface area (Å²) in [5.74, 6) is 1.10. The van der Waals surface area contributed by atoms with Gasteiger partial charge in [-0.2, -0.15) is 0 Å². The number of hydrogen-bond donors (Lipinski definition) is 1. The Bertz CT molecular complexity index is 395. The number of hydrogen-bond acceptors (Lipinski definition) is 3. The summed E-state index contributed by atoms with van der Waals surface area (Å²) in [7, 11) is 0. The number of rotatable bonds is 10. The number of nitrogens with zero attached hydrogens (tertiary/aromatic N) is 2. The van der Waals surface area contributed by atoms with Crippen LogP contribution < -0.4 is 5.73 Å². The van der Waals surface area contributed by atoms with Crippen LogP contribution in [0.3, 0.4) is 0 Å². The molecule has 0 spiro atoms. The van der Waals surface area contributed by atoms with Gasteiger partial charge in [0.15, 0.2) is 0 Å². The zero-order valence-corrected chi connectivity index (χ0v) is 14.4. The van der Waals surface area contributed by atoms with Crippen LogP contribution in [0.25, 0.3) is 0 Å². The summed E-state index contributed by atoms with van der Waals surface area (Å²) in [4.78, 5) is 8.32. The lowest BCUT2D eigenvalue weighted by atomic mass is 9.84. The molecular weight excluding hydrogens is 282 g/mol. The molecule has 0 aromatic carbocycles. The molecule has 1 heterocycles. The van der Waals surface area contributed by atoms with Crippen molar-refractivity contribution in [2.24, 2.45) is 5.92 Å². The molecule has 0 aliphatic rings. The molecule has 0 aliphatic carbocycles. The van der Waals surface area contributed by atoms with E-state index in [1.54, 1.807) is 6.20 Å². The summed E-state index contributed by atoms with van der Waals surface area (Å²) in [6.45, 7) is 6.53. The molecule has 0 amide bonds. The second kappa shape index (κ2) is 9.99. The molecule has 120 valence electrons. The first-order valence-electron chi connectivity index (χ1n) is 8.28. The number of nitrogen functional groups attached to an aromatic ring is 1.